The molecular formula is C25H25F4N3O5S. The molecule has 1 aliphatic rings. The lowest BCUT2D eigenvalue weighted by molar-refractivity contribution is -0.220. The number of aliphatic carboxylic acids is 1. The van der Waals surface area contributed by atoms with E-state index in [4.69, 9.17) is 4.52 Å². The normalized spacial score (nSPS) is 16.3. The van der Waals surface area contributed by atoms with E-state index >= 15 is 0 Å². The van der Waals surface area contributed by atoms with Crippen LogP contribution in [0.5, 0.6) is 0 Å². The van der Waals surface area contributed by atoms with Crippen LogP contribution in [0.15, 0.2) is 51.9 Å². The van der Waals surface area contributed by atoms with Crippen molar-refractivity contribution in [2.45, 2.75) is 68.0 Å². The van der Waals surface area contributed by atoms with Crippen LogP contribution in [0.2, 0.25) is 0 Å². The molecule has 0 amide bonds. The summed E-state index contributed by atoms with van der Waals surface area (Å²) in [5.74, 6) is -3.23. The number of nitrogens with one attached hydrogen (secondary N) is 1. The molecule has 1 aromatic heterocycles. The minimum atomic E-state index is -4.59. The zero-order valence-electron chi connectivity index (χ0n) is 20.4. The minimum absolute atomic E-state index is 0.120. The van der Waals surface area contributed by atoms with E-state index in [-0.39, 0.29) is 40.6 Å². The first-order valence-corrected chi connectivity index (χ1v) is 13.3. The second kappa shape index (κ2) is 10.1. The summed E-state index contributed by atoms with van der Waals surface area (Å²) in [5.41, 5.74) is -1.44. The van der Waals surface area contributed by atoms with Crippen LogP contribution in [-0.2, 0) is 26.7 Å². The molecule has 1 aliphatic carbocycles. The number of hydrogen-bond donors (Lipinski definition) is 2. The summed E-state index contributed by atoms with van der Waals surface area (Å²) in [6.07, 6.45) is -5.04. The maximum Gasteiger partial charge on any atom is 0.403 e. The maximum atomic E-state index is 14.9. The number of rotatable bonds is 9. The molecule has 1 fully saturated rings. The number of carboxylic acids is 1. The number of halogens is 4. The first-order valence-electron chi connectivity index (χ1n) is 11.8. The molecule has 1 unspecified atom stereocenters. The third kappa shape index (κ3) is 5.30. The Morgan fingerprint density at radius 3 is 2.32 bits per heavy atom. The van der Waals surface area contributed by atoms with Gasteiger partial charge in [-0.3, -0.25) is 4.79 Å². The highest BCUT2D eigenvalue weighted by Crippen LogP contribution is 2.54. The van der Waals surface area contributed by atoms with Gasteiger partial charge in [0.25, 0.3) is 0 Å². The van der Waals surface area contributed by atoms with Gasteiger partial charge in [-0.1, -0.05) is 43.6 Å². The molecule has 8 nitrogen and oxygen atoms in total. The lowest BCUT2D eigenvalue weighted by Gasteiger charge is -2.39. The van der Waals surface area contributed by atoms with Crippen LogP contribution in [0.3, 0.4) is 0 Å². The van der Waals surface area contributed by atoms with Crippen LogP contribution in [-0.4, -0.2) is 41.9 Å². The Balaban J connectivity index is 1.52. The summed E-state index contributed by atoms with van der Waals surface area (Å²) in [5, 5.41) is 13.1. The molecule has 0 radical (unpaired) electrons. The molecular weight excluding hydrogens is 530 g/mol. The van der Waals surface area contributed by atoms with Crippen LogP contribution in [0.1, 0.15) is 56.0 Å². The maximum absolute atomic E-state index is 14.9. The van der Waals surface area contributed by atoms with Gasteiger partial charge in [0.15, 0.2) is 0 Å². The molecule has 0 bridgehead atoms. The Kier molecular flexibility index (Phi) is 7.36. The molecule has 13 heteroatoms. The van der Waals surface area contributed by atoms with Gasteiger partial charge in [-0.05, 0) is 60.6 Å². The smallest absolute Gasteiger partial charge is 0.403 e. The molecule has 4 rings (SSSR count). The lowest BCUT2D eigenvalue weighted by atomic mass is 9.68. The number of carboxylic acid groups (broad SMARTS) is 1. The van der Waals surface area contributed by atoms with Gasteiger partial charge < -0.3 is 9.63 Å². The first kappa shape index (κ1) is 27.7. The standard InChI is InChI=1S/C25H25F4N3O5S/c1-14(2)16-5-7-17(8-6-16)38(35,36)32-20(22(33)34)13-15-4-9-18(19(26)12-15)21-30-23(37-31-21)24(10-3-11-24)25(27,28)29/h4-9,12,14,20,32H,3,10-11,13H2,1-2H3,(H,33,34). The van der Waals surface area contributed by atoms with Crippen molar-refractivity contribution >= 4 is 16.0 Å². The molecule has 38 heavy (non-hydrogen) atoms. The second-order valence-electron chi connectivity index (χ2n) is 9.61. The third-order valence-corrected chi connectivity index (χ3v) is 8.24. The van der Waals surface area contributed by atoms with Gasteiger partial charge in [0.2, 0.25) is 21.7 Å². The van der Waals surface area contributed by atoms with Gasteiger partial charge in [-0.2, -0.15) is 22.9 Å². The minimum Gasteiger partial charge on any atom is -0.480 e. The summed E-state index contributed by atoms with van der Waals surface area (Å²) in [7, 11) is -4.20. The van der Waals surface area contributed by atoms with Crippen molar-refractivity contribution in [2.24, 2.45) is 0 Å². The SMILES string of the molecule is CC(C)c1ccc(S(=O)(=O)NC(Cc2ccc(-c3noc(C4(C(F)(F)F)CCC4)n3)c(F)c2)C(=O)O)cc1. The van der Waals surface area contributed by atoms with Crippen molar-refractivity contribution in [2.75, 3.05) is 0 Å². The van der Waals surface area contributed by atoms with E-state index in [1.165, 1.54) is 24.3 Å². The fraction of sp³-hybridized carbons (Fsp3) is 0.400. The molecule has 0 spiro atoms. The molecule has 204 valence electrons. The van der Waals surface area contributed by atoms with Crippen LogP contribution in [0.4, 0.5) is 17.6 Å². The molecule has 2 N–H and O–H groups in total. The van der Waals surface area contributed by atoms with Gasteiger partial charge in [0.1, 0.15) is 17.3 Å². The van der Waals surface area contributed by atoms with Crippen molar-refractivity contribution in [1.29, 1.82) is 0 Å². The summed E-state index contributed by atoms with van der Waals surface area (Å²) in [6.45, 7) is 3.88. The highest BCUT2D eigenvalue weighted by atomic mass is 32.2. The Morgan fingerprint density at radius 2 is 1.82 bits per heavy atom. The zero-order chi connectivity index (χ0) is 27.9. The summed E-state index contributed by atoms with van der Waals surface area (Å²) >= 11 is 0. The van der Waals surface area contributed by atoms with E-state index in [0.29, 0.717) is 6.42 Å². The van der Waals surface area contributed by atoms with E-state index in [9.17, 15) is 35.9 Å². The van der Waals surface area contributed by atoms with Gasteiger partial charge in [0, 0.05) is 0 Å². The fourth-order valence-electron chi connectivity index (χ4n) is 4.25. The third-order valence-electron chi connectivity index (χ3n) is 6.75. The molecule has 0 saturated heterocycles. The molecule has 2 aromatic carbocycles. The number of alkyl halides is 3. The van der Waals surface area contributed by atoms with Gasteiger partial charge >= 0.3 is 12.1 Å². The van der Waals surface area contributed by atoms with Crippen molar-refractivity contribution in [3.63, 3.8) is 0 Å². The van der Waals surface area contributed by atoms with Crippen molar-refractivity contribution < 1.29 is 40.4 Å². The Labute approximate surface area is 216 Å². The summed E-state index contributed by atoms with van der Waals surface area (Å²) in [6, 6.07) is 7.85. The van der Waals surface area contributed by atoms with Crippen LogP contribution in [0.25, 0.3) is 11.4 Å². The zero-order valence-corrected chi connectivity index (χ0v) is 21.2. The predicted molar refractivity (Wildman–Crippen MR) is 127 cm³/mol. The Hall–Kier alpha value is -3.32. The number of hydrogen-bond acceptors (Lipinski definition) is 6. The van der Waals surface area contributed by atoms with E-state index < -0.39 is 51.8 Å². The van der Waals surface area contributed by atoms with E-state index in [1.807, 2.05) is 13.8 Å². The van der Waals surface area contributed by atoms with E-state index in [1.54, 1.807) is 12.1 Å². The Morgan fingerprint density at radius 1 is 1.16 bits per heavy atom. The number of nitrogens with zero attached hydrogens (tertiary/aromatic N) is 2. The number of sulfonamides is 1. The van der Waals surface area contributed by atoms with E-state index in [2.05, 4.69) is 14.9 Å². The van der Waals surface area contributed by atoms with Crippen LogP contribution < -0.4 is 4.72 Å². The van der Waals surface area contributed by atoms with Crippen molar-refractivity contribution in [3.05, 3.63) is 65.3 Å². The topological polar surface area (TPSA) is 122 Å². The lowest BCUT2D eigenvalue weighted by Crippen LogP contribution is -2.48. The average Bonchev–Trinajstić information content (AvgIpc) is 3.26. The molecule has 1 heterocycles. The summed E-state index contributed by atoms with van der Waals surface area (Å²) in [4.78, 5) is 15.5. The van der Waals surface area contributed by atoms with E-state index in [0.717, 1.165) is 11.6 Å². The largest absolute Gasteiger partial charge is 0.480 e. The molecule has 1 atom stereocenters. The first-order chi connectivity index (χ1) is 17.7. The second-order valence-corrected chi connectivity index (χ2v) is 11.3. The van der Waals surface area contributed by atoms with Gasteiger partial charge in [-0.25, -0.2) is 12.8 Å². The van der Waals surface area contributed by atoms with Crippen molar-refractivity contribution in [3.8, 4) is 11.4 Å². The number of carbonyl (C=O) groups is 1. The monoisotopic (exact) mass is 555 g/mol. The van der Waals surface area contributed by atoms with Crippen molar-refractivity contribution in [1.82, 2.24) is 14.9 Å². The molecule has 1 saturated carbocycles. The quantitative estimate of drug-likeness (QED) is 0.358. The van der Waals surface area contributed by atoms with Crippen LogP contribution in [0, 0.1) is 5.82 Å². The molecule has 0 aliphatic heterocycles. The number of aromatic nitrogens is 2. The average molecular weight is 556 g/mol. The summed E-state index contributed by atoms with van der Waals surface area (Å²) < 4.78 is 88.0. The van der Waals surface area contributed by atoms with Gasteiger partial charge in [-0.15, -0.1) is 0 Å². The highest BCUT2D eigenvalue weighted by Gasteiger charge is 2.63. The fourth-order valence-corrected chi connectivity index (χ4v) is 5.43. The number of benzene rings is 2. The highest BCUT2D eigenvalue weighted by molar-refractivity contribution is 7.89. The molecule has 3 aromatic rings. The predicted octanol–water partition coefficient (Wildman–Crippen LogP) is 4.96. The Bertz CT molecular complexity index is 1430. The van der Waals surface area contributed by atoms with Crippen LogP contribution >= 0.6 is 0 Å². The van der Waals surface area contributed by atoms with Gasteiger partial charge in [0.05, 0.1) is 10.5 Å².